The molecule has 2 amide bonds. The predicted molar refractivity (Wildman–Crippen MR) is 160 cm³/mol. The van der Waals surface area contributed by atoms with Gasteiger partial charge in [-0.25, -0.2) is 0 Å². The molecule has 5 rings (SSSR count). The van der Waals surface area contributed by atoms with E-state index < -0.39 is 5.66 Å². The van der Waals surface area contributed by atoms with E-state index in [1.165, 1.54) is 11.9 Å². The molecule has 1 atom stereocenters. The van der Waals surface area contributed by atoms with Gasteiger partial charge in [-0.15, -0.1) is 0 Å². The molecule has 4 aromatic carbocycles. The molecule has 0 spiro atoms. The molecule has 0 radical (unpaired) electrons. The smallest absolute Gasteiger partial charge is 0.300 e. The number of hydrogen-bond donors (Lipinski definition) is 3. The predicted octanol–water partition coefficient (Wildman–Crippen LogP) is 5.35. The monoisotopic (exact) mass is 521 g/mol. The second-order valence-corrected chi connectivity index (χ2v) is 9.19. The molecule has 0 fully saturated rings. The van der Waals surface area contributed by atoms with Crippen molar-refractivity contribution in [3.8, 4) is 0 Å². The van der Waals surface area contributed by atoms with Gasteiger partial charge < -0.3 is 16.0 Å². The van der Waals surface area contributed by atoms with Gasteiger partial charge in [-0.05, 0) is 53.7 Å². The quantitative estimate of drug-likeness (QED) is 0.273. The van der Waals surface area contributed by atoms with Gasteiger partial charge in [-0.3, -0.25) is 9.59 Å². The maximum absolute atomic E-state index is 14.0. The first-order chi connectivity index (χ1) is 19.0. The topological polar surface area (TPSA) is 85.8 Å². The van der Waals surface area contributed by atoms with Crippen LogP contribution in [-0.2, 0) is 16.0 Å². The molecule has 3 N–H and O–H groups in total. The fourth-order valence-electron chi connectivity index (χ4n) is 4.60. The van der Waals surface area contributed by atoms with Crippen LogP contribution in [0.3, 0.4) is 0 Å². The number of carbonyl (C=O) groups excluding carboxylic acids is 2. The normalized spacial score (nSPS) is 16.3. The molecule has 1 unspecified atom stereocenters. The Bertz CT molecular complexity index is 1430. The van der Waals surface area contributed by atoms with Crippen LogP contribution in [0.25, 0.3) is 10.8 Å². The second kappa shape index (κ2) is 12.8. The number of hydrogen-bond acceptors (Lipinski definition) is 5. The zero-order chi connectivity index (χ0) is 27.7. The van der Waals surface area contributed by atoms with Crippen LogP contribution in [-0.4, -0.2) is 36.3 Å². The highest BCUT2D eigenvalue weighted by molar-refractivity contribution is 6.26. The van der Waals surface area contributed by atoms with E-state index >= 15 is 0 Å². The van der Waals surface area contributed by atoms with E-state index in [0.29, 0.717) is 23.5 Å². The molecule has 39 heavy (non-hydrogen) atoms. The summed E-state index contributed by atoms with van der Waals surface area (Å²) in [7, 11) is 0. The number of amides is 2. The average Bonchev–Trinajstić information content (AvgIpc) is 3.20. The minimum absolute atomic E-state index is 0.336. The number of fused-ring (bicyclic) bond motifs is 1. The molecular formula is C32H35N5O2. The van der Waals surface area contributed by atoms with Crippen molar-refractivity contribution in [1.82, 2.24) is 10.6 Å². The van der Waals surface area contributed by atoms with Gasteiger partial charge >= 0.3 is 0 Å². The lowest BCUT2D eigenvalue weighted by atomic mass is 9.93. The summed E-state index contributed by atoms with van der Waals surface area (Å²) in [5.74, 6) is -0.703. The van der Waals surface area contributed by atoms with Crippen molar-refractivity contribution in [2.75, 3.05) is 23.4 Å². The standard InChI is InChI=1S/C28H24N4O2.C4H11N/c1-20(33)29-28(30-23-14-4-2-5-15-23)26(31-32(27(28)34)24-16-6-3-7-17-24)19-22-13-10-12-21-11-8-9-18-25(21)22;1-3-5-4-2/h2-18,30H,19H2,1H3,(H,29,33);5H,3-4H2,1-2H3. The highest BCUT2D eigenvalue weighted by Crippen LogP contribution is 2.31. The van der Waals surface area contributed by atoms with Crippen LogP contribution in [0.1, 0.15) is 26.3 Å². The van der Waals surface area contributed by atoms with Crippen LogP contribution >= 0.6 is 0 Å². The van der Waals surface area contributed by atoms with E-state index in [1.807, 2.05) is 84.9 Å². The van der Waals surface area contributed by atoms with E-state index in [4.69, 9.17) is 5.10 Å². The highest BCUT2D eigenvalue weighted by atomic mass is 16.2. The van der Waals surface area contributed by atoms with Crippen molar-refractivity contribution in [3.63, 3.8) is 0 Å². The van der Waals surface area contributed by atoms with E-state index in [2.05, 4.69) is 48.0 Å². The van der Waals surface area contributed by atoms with Crippen LogP contribution < -0.4 is 21.0 Å². The van der Waals surface area contributed by atoms with Gasteiger partial charge in [0.2, 0.25) is 11.6 Å². The van der Waals surface area contributed by atoms with Gasteiger partial charge in [0.25, 0.3) is 5.91 Å². The van der Waals surface area contributed by atoms with Crippen molar-refractivity contribution in [3.05, 3.63) is 109 Å². The first kappa shape index (κ1) is 27.5. The maximum atomic E-state index is 14.0. The number of nitrogens with zero attached hydrogens (tertiary/aromatic N) is 2. The summed E-state index contributed by atoms with van der Waals surface area (Å²) in [6, 6.07) is 32.8. The Morgan fingerprint density at radius 3 is 2.08 bits per heavy atom. The molecule has 200 valence electrons. The number of carbonyl (C=O) groups is 2. The molecule has 1 aliphatic heterocycles. The number of benzene rings is 4. The number of nitrogens with one attached hydrogen (secondary N) is 3. The Kier molecular flexibility index (Phi) is 9.07. The molecule has 0 aliphatic carbocycles. The zero-order valence-electron chi connectivity index (χ0n) is 22.6. The van der Waals surface area contributed by atoms with Gasteiger partial charge in [0, 0.05) is 19.0 Å². The van der Waals surface area contributed by atoms with Crippen molar-refractivity contribution < 1.29 is 9.59 Å². The summed E-state index contributed by atoms with van der Waals surface area (Å²) in [5.41, 5.74) is 1.33. The molecule has 0 saturated heterocycles. The van der Waals surface area contributed by atoms with Crippen LogP contribution in [0.2, 0.25) is 0 Å². The Hall–Kier alpha value is -4.49. The summed E-state index contributed by atoms with van der Waals surface area (Å²) in [4.78, 5) is 26.4. The number of hydrazone groups is 1. The highest BCUT2D eigenvalue weighted by Gasteiger charge is 2.52. The average molecular weight is 522 g/mol. The van der Waals surface area contributed by atoms with Crippen molar-refractivity contribution in [2.24, 2.45) is 5.10 Å². The fraction of sp³-hybridized carbons (Fsp3) is 0.219. The van der Waals surface area contributed by atoms with Gasteiger partial charge in [-0.2, -0.15) is 10.1 Å². The minimum Gasteiger partial charge on any atom is -0.350 e. The molecular weight excluding hydrogens is 486 g/mol. The Labute approximate surface area is 229 Å². The van der Waals surface area contributed by atoms with Gasteiger partial charge in [0.05, 0.1) is 11.4 Å². The number of rotatable bonds is 8. The summed E-state index contributed by atoms with van der Waals surface area (Å²) in [6.07, 6.45) is 0.372. The first-order valence-electron chi connectivity index (χ1n) is 13.3. The number of anilines is 2. The van der Waals surface area contributed by atoms with Crippen LogP contribution in [0.15, 0.2) is 108 Å². The molecule has 0 saturated carbocycles. The van der Waals surface area contributed by atoms with Crippen molar-refractivity contribution in [2.45, 2.75) is 32.9 Å². The Balaban J connectivity index is 0.000000648. The molecule has 1 aliphatic rings. The summed E-state index contributed by atoms with van der Waals surface area (Å²) in [6.45, 7) is 7.79. The number of para-hydroxylation sites is 2. The van der Waals surface area contributed by atoms with E-state index in [1.54, 1.807) is 0 Å². The fourth-order valence-corrected chi connectivity index (χ4v) is 4.60. The molecule has 7 nitrogen and oxygen atoms in total. The summed E-state index contributed by atoms with van der Waals surface area (Å²) in [5, 5.41) is 17.6. The van der Waals surface area contributed by atoms with E-state index in [9.17, 15) is 9.59 Å². The molecule has 4 aromatic rings. The lowest BCUT2D eigenvalue weighted by molar-refractivity contribution is -0.127. The van der Waals surface area contributed by atoms with Crippen molar-refractivity contribution >= 4 is 39.7 Å². The Morgan fingerprint density at radius 1 is 0.821 bits per heavy atom. The Morgan fingerprint density at radius 2 is 1.44 bits per heavy atom. The zero-order valence-corrected chi connectivity index (χ0v) is 22.6. The minimum atomic E-state index is -1.53. The maximum Gasteiger partial charge on any atom is 0.300 e. The van der Waals surface area contributed by atoms with Crippen LogP contribution in [0, 0.1) is 0 Å². The molecule has 0 aromatic heterocycles. The third-order valence-electron chi connectivity index (χ3n) is 6.37. The first-order valence-corrected chi connectivity index (χ1v) is 13.3. The lowest BCUT2D eigenvalue weighted by Gasteiger charge is -2.32. The van der Waals surface area contributed by atoms with Crippen molar-refractivity contribution in [1.29, 1.82) is 0 Å². The molecule has 1 heterocycles. The van der Waals surface area contributed by atoms with E-state index in [-0.39, 0.29) is 11.8 Å². The van der Waals surface area contributed by atoms with Crippen LogP contribution in [0.4, 0.5) is 11.4 Å². The summed E-state index contributed by atoms with van der Waals surface area (Å²) >= 11 is 0. The molecule has 0 bridgehead atoms. The largest absolute Gasteiger partial charge is 0.350 e. The van der Waals surface area contributed by atoms with E-state index in [0.717, 1.165) is 29.4 Å². The summed E-state index contributed by atoms with van der Waals surface area (Å²) < 4.78 is 0. The SMILES string of the molecule is CC(=O)NC1(Nc2ccccc2)C(=O)N(c2ccccc2)N=C1Cc1cccc2ccccc12.CCNCC. The second-order valence-electron chi connectivity index (χ2n) is 9.19. The van der Waals surface area contributed by atoms with Gasteiger partial charge in [0.15, 0.2) is 0 Å². The van der Waals surface area contributed by atoms with Gasteiger partial charge in [0.1, 0.15) is 0 Å². The third-order valence-corrected chi connectivity index (χ3v) is 6.37. The van der Waals surface area contributed by atoms with Crippen LogP contribution in [0.5, 0.6) is 0 Å². The molecule has 7 heteroatoms. The van der Waals surface area contributed by atoms with Gasteiger partial charge in [-0.1, -0.05) is 92.7 Å². The third kappa shape index (κ3) is 6.33. The lowest BCUT2D eigenvalue weighted by Crippen LogP contribution is -2.65.